The molecule has 7 heteroatoms. The van der Waals surface area contributed by atoms with Crippen LogP contribution in [0, 0.1) is 0 Å². The Morgan fingerprint density at radius 1 is 1.45 bits per heavy atom. The van der Waals surface area contributed by atoms with Crippen LogP contribution in [0.25, 0.3) is 0 Å². The summed E-state index contributed by atoms with van der Waals surface area (Å²) in [4.78, 5) is 25.4. The number of nitrogens with one attached hydrogen (secondary N) is 1. The number of rotatable bonds is 3. The Morgan fingerprint density at radius 2 is 2.15 bits per heavy atom. The number of amides is 2. The second-order valence-electron chi connectivity index (χ2n) is 4.43. The van der Waals surface area contributed by atoms with Gasteiger partial charge in [0.25, 0.3) is 0 Å². The normalized spacial score (nSPS) is 20.1. The van der Waals surface area contributed by atoms with Gasteiger partial charge < -0.3 is 10.2 Å². The van der Waals surface area contributed by atoms with Gasteiger partial charge in [0.2, 0.25) is 11.8 Å². The van der Waals surface area contributed by atoms with Crippen LogP contribution in [0.3, 0.4) is 0 Å². The van der Waals surface area contributed by atoms with E-state index in [9.17, 15) is 9.59 Å². The maximum atomic E-state index is 12.0. The fourth-order valence-electron chi connectivity index (χ4n) is 2.11. The molecule has 1 N–H and O–H groups in total. The third-order valence-corrected chi connectivity index (χ3v) is 5.14. The molecular formula is C13H14Cl2N2O2S. The smallest absolute Gasteiger partial charge is 0.242 e. The zero-order chi connectivity index (χ0) is 14.9. The largest absolute Gasteiger partial charge is 0.357 e. The molecule has 108 valence electrons. The minimum atomic E-state index is -0.526. The molecule has 2 rings (SSSR count). The van der Waals surface area contributed by atoms with E-state index in [1.165, 1.54) is 11.8 Å². The average Bonchev–Trinajstić information content (AvgIpc) is 2.82. The minimum absolute atomic E-state index is 0.0535. The van der Waals surface area contributed by atoms with Crippen LogP contribution in [0.2, 0.25) is 10.0 Å². The first-order valence-electron chi connectivity index (χ1n) is 6.05. The van der Waals surface area contributed by atoms with Crippen LogP contribution in [0.4, 0.5) is 0 Å². The third-order valence-electron chi connectivity index (χ3n) is 3.18. The molecule has 0 aromatic heterocycles. The van der Waals surface area contributed by atoms with E-state index in [1.807, 2.05) is 6.07 Å². The molecule has 1 aliphatic heterocycles. The molecule has 0 aliphatic carbocycles. The van der Waals surface area contributed by atoms with Gasteiger partial charge in [-0.1, -0.05) is 29.3 Å². The molecule has 2 amide bonds. The monoisotopic (exact) mass is 332 g/mol. The third kappa shape index (κ3) is 2.90. The van der Waals surface area contributed by atoms with Crippen molar-refractivity contribution in [2.24, 2.45) is 0 Å². The van der Waals surface area contributed by atoms with E-state index in [4.69, 9.17) is 23.2 Å². The van der Waals surface area contributed by atoms with Crippen LogP contribution in [0.15, 0.2) is 18.2 Å². The van der Waals surface area contributed by atoms with Gasteiger partial charge in [0, 0.05) is 7.05 Å². The lowest BCUT2D eigenvalue weighted by Crippen LogP contribution is -2.45. The number of carbonyl (C=O) groups is 2. The molecule has 0 spiro atoms. The molecule has 1 aliphatic rings. The molecule has 1 saturated heterocycles. The summed E-state index contributed by atoms with van der Waals surface area (Å²) in [6.45, 7) is 1.72. The number of halogens is 2. The summed E-state index contributed by atoms with van der Waals surface area (Å²) in [7, 11) is 1.56. The van der Waals surface area contributed by atoms with Crippen molar-refractivity contribution in [3.05, 3.63) is 33.8 Å². The maximum absolute atomic E-state index is 12.0. The topological polar surface area (TPSA) is 49.4 Å². The first kappa shape index (κ1) is 15.5. The number of benzene rings is 1. The second-order valence-corrected chi connectivity index (χ2v) is 6.31. The molecule has 1 heterocycles. The van der Waals surface area contributed by atoms with Gasteiger partial charge in [-0.25, -0.2) is 0 Å². The molecule has 0 bridgehead atoms. The quantitative estimate of drug-likeness (QED) is 0.925. The first-order chi connectivity index (χ1) is 9.45. The van der Waals surface area contributed by atoms with Crippen molar-refractivity contribution >= 4 is 46.8 Å². The zero-order valence-corrected chi connectivity index (χ0v) is 13.4. The van der Waals surface area contributed by atoms with Gasteiger partial charge in [-0.15, -0.1) is 11.8 Å². The van der Waals surface area contributed by atoms with Crippen LogP contribution < -0.4 is 5.32 Å². The lowest BCUT2D eigenvalue weighted by molar-refractivity contribution is -0.137. The lowest BCUT2D eigenvalue weighted by Gasteiger charge is -2.29. The highest BCUT2D eigenvalue weighted by molar-refractivity contribution is 8.00. The number of hydrogen-bond acceptors (Lipinski definition) is 3. The summed E-state index contributed by atoms with van der Waals surface area (Å²) in [5.74, 6) is 0.111. The van der Waals surface area contributed by atoms with E-state index >= 15 is 0 Å². The van der Waals surface area contributed by atoms with Gasteiger partial charge in [0.05, 0.1) is 15.8 Å². The molecule has 2 atom stereocenters. The van der Waals surface area contributed by atoms with Gasteiger partial charge in [-0.2, -0.15) is 0 Å². The minimum Gasteiger partial charge on any atom is -0.357 e. The van der Waals surface area contributed by atoms with Crippen molar-refractivity contribution in [3.63, 3.8) is 0 Å². The SMILES string of the molecule is CNC(=O)[C@@H](C)N1C(=O)CS[C@@H]1c1ccc(Cl)c(Cl)c1. The summed E-state index contributed by atoms with van der Waals surface area (Å²) < 4.78 is 0. The highest BCUT2D eigenvalue weighted by Crippen LogP contribution is 2.41. The zero-order valence-electron chi connectivity index (χ0n) is 11.0. The van der Waals surface area contributed by atoms with E-state index in [0.29, 0.717) is 15.8 Å². The van der Waals surface area contributed by atoms with E-state index in [0.717, 1.165) is 5.56 Å². The fourth-order valence-corrected chi connectivity index (χ4v) is 3.67. The van der Waals surface area contributed by atoms with E-state index < -0.39 is 6.04 Å². The van der Waals surface area contributed by atoms with E-state index in [1.54, 1.807) is 31.0 Å². The summed E-state index contributed by atoms with van der Waals surface area (Å²) in [6, 6.07) is 4.74. The van der Waals surface area contributed by atoms with Gasteiger partial charge >= 0.3 is 0 Å². The Bertz CT molecular complexity index is 553. The van der Waals surface area contributed by atoms with Crippen molar-refractivity contribution < 1.29 is 9.59 Å². The second kappa shape index (κ2) is 6.24. The molecule has 0 unspecified atom stereocenters. The van der Waals surface area contributed by atoms with Crippen molar-refractivity contribution in [1.29, 1.82) is 0 Å². The van der Waals surface area contributed by atoms with Crippen molar-refractivity contribution in [1.82, 2.24) is 10.2 Å². The van der Waals surface area contributed by atoms with Crippen LogP contribution in [-0.4, -0.2) is 35.6 Å². The van der Waals surface area contributed by atoms with Gasteiger partial charge in [0.15, 0.2) is 0 Å². The summed E-state index contributed by atoms with van der Waals surface area (Å²) in [6.07, 6.45) is 0. The molecule has 4 nitrogen and oxygen atoms in total. The Morgan fingerprint density at radius 3 is 2.75 bits per heavy atom. The molecule has 1 aromatic carbocycles. The Hall–Kier alpha value is -0.910. The van der Waals surface area contributed by atoms with Crippen molar-refractivity contribution in [2.45, 2.75) is 18.3 Å². The Kier molecular flexibility index (Phi) is 4.83. The maximum Gasteiger partial charge on any atom is 0.242 e. The number of likely N-dealkylation sites (N-methyl/N-ethyl adjacent to an activating group) is 1. The van der Waals surface area contributed by atoms with Gasteiger partial charge in [-0.05, 0) is 24.6 Å². The molecule has 1 fully saturated rings. The molecule has 0 radical (unpaired) electrons. The van der Waals surface area contributed by atoms with E-state index in [-0.39, 0.29) is 17.2 Å². The predicted molar refractivity (Wildman–Crippen MR) is 82.0 cm³/mol. The van der Waals surface area contributed by atoms with Gasteiger partial charge in [0.1, 0.15) is 11.4 Å². The summed E-state index contributed by atoms with van der Waals surface area (Å²) in [5, 5.41) is 3.26. The molecular weight excluding hydrogens is 319 g/mol. The number of nitrogens with zero attached hydrogens (tertiary/aromatic N) is 1. The van der Waals surface area contributed by atoms with Crippen molar-refractivity contribution in [2.75, 3.05) is 12.8 Å². The standard InChI is InChI=1S/C13H14Cl2N2O2S/c1-7(12(19)16-2)17-11(18)6-20-13(17)8-3-4-9(14)10(15)5-8/h3-5,7,13H,6H2,1-2H3,(H,16,19)/t7-,13-/m1/s1. The molecule has 1 aromatic rings. The van der Waals surface area contributed by atoms with Crippen LogP contribution in [0.5, 0.6) is 0 Å². The lowest BCUT2D eigenvalue weighted by atomic mass is 10.1. The molecule has 20 heavy (non-hydrogen) atoms. The van der Waals surface area contributed by atoms with Gasteiger partial charge in [-0.3, -0.25) is 9.59 Å². The highest BCUT2D eigenvalue weighted by atomic mass is 35.5. The Balaban J connectivity index is 2.32. The fraction of sp³-hybridized carbons (Fsp3) is 0.385. The highest BCUT2D eigenvalue weighted by Gasteiger charge is 2.38. The first-order valence-corrected chi connectivity index (χ1v) is 7.85. The van der Waals surface area contributed by atoms with Crippen LogP contribution in [-0.2, 0) is 9.59 Å². The molecule has 0 saturated carbocycles. The predicted octanol–water partition coefficient (Wildman–Crippen LogP) is 2.70. The van der Waals surface area contributed by atoms with Crippen LogP contribution >= 0.6 is 35.0 Å². The number of thioether (sulfide) groups is 1. The number of carbonyl (C=O) groups excluding carboxylic acids is 2. The summed E-state index contributed by atoms with van der Waals surface area (Å²) in [5.41, 5.74) is 0.867. The summed E-state index contributed by atoms with van der Waals surface area (Å²) >= 11 is 13.4. The Labute approximate surface area is 131 Å². The van der Waals surface area contributed by atoms with Crippen LogP contribution in [0.1, 0.15) is 17.9 Å². The van der Waals surface area contributed by atoms with Crippen molar-refractivity contribution in [3.8, 4) is 0 Å². The average molecular weight is 333 g/mol. The van der Waals surface area contributed by atoms with E-state index in [2.05, 4.69) is 5.32 Å². The number of hydrogen-bond donors (Lipinski definition) is 1.